The molecule has 0 N–H and O–H groups in total. The van der Waals surface area contributed by atoms with Crippen LogP contribution in [0.5, 0.6) is 0 Å². The molecule has 0 unspecified atom stereocenters. The first-order valence-electron chi connectivity index (χ1n) is 19.4. The zero-order valence-corrected chi connectivity index (χ0v) is 35.0. The lowest BCUT2D eigenvalue weighted by molar-refractivity contribution is -2.00. The summed E-state index contributed by atoms with van der Waals surface area (Å²) in [6.45, 7) is 0. The van der Waals surface area contributed by atoms with Crippen molar-refractivity contribution < 1.29 is 28.9 Å². The standard InChI is InChI=1S/C53H41S2.ClHO4/c1-6-22-42(23-7-1)49-36-40(37-50(54-49)43-24-8-2-9-25-43)20-16-18-32-47-34-35-48(53(47)46-30-14-5-15-31-46)33-19-17-21-41-38-51(44-26-10-3-11-27-44)55-52(39-41)45-28-12-4-13-29-45;2-1(3,4)5/h1-33,36-39H,34-35H2;(H,2,3,4,5)/q+1;/p-1. The first kappa shape index (κ1) is 42.2. The Balaban J connectivity index is 0.00000103. The van der Waals surface area contributed by atoms with Gasteiger partial charge in [-0.3, -0.25) is 0 Å². The molecule has 8 rings (SSSR count). The van der Waals surface area contributed by atoms with E-state index in [1.165, 1.54) is 75.2 Å². The summed E-state index contributed by atoms with van der Waals surface area (Å²) in [5.41, 5.74) is 12.7. The molecule has 2 heterocycles. The number of halogens is 1. The Morgan fingerprint density at radius 3 is 1.37 bits per heavy atom. The summed E-state index contributed by atoms with van der Waals surface area (Å²) in [6.07, 6.45) is 24.5. The average Bonchev–Trinajstić information content (AvgIpc) is 3.69. The number of rotatable bonds is 10. The first-order valence-corrected chi connectivity index (χ1v) is 22.3. The van der Waals surface area contributed by atoms with Crippen molar-refractivity contribution >= 4 is 44.6 Å². The number of thioether (sulfide) groups is 1. The molecule has 0 spiro atoms. The molecule has 60 heavy (non-hydrogen) atoms. The topological polar surface area (TPSA) is 92.2 Å². The molecule has 4 nitrogen and oxygen atoms in total. The minimum absolute atomic E-state index is 1.02. The molecule has 0 amide bonds. The lowest BCUT2D eigenvalue weighted by Crippen LogP contribution is -2.68. The molecule has 296 valence electrons. The van der Waals surface area contributed by atoms with Gasteiger partial charge in [0.1, 0.15) is 0 Å². The molecule has 7 heteroatoms. The van der Waals surface area contributed by atoms with E-state index in [-0.39, 0.29) is 0 Å². The lowest BCUT2D eigenvalue weighted by atomic mass is 9.97. The molecule has 0 saturated heterocycles. The number of hydrogen-bond donors (Lipinski definition) is 0. The summed E-state index contributed by atoms with van der Waals surface area (Å²) < 4.78 is 34.0. The van der Waals surface area contributed by atoms with Crippen molar-refractivity contribution in [2.75, 3.05) is 0 Å². The highest BCUT2D eigenvalue weighted by atomic mass is 35.7. The van der Waals surface area contributed by atoms with Gasteiger partial charge in [0.25, 0.3) is 0 Å². The Morgan fingerprint density at radius 1 is 0.467 bits per heavy atom. The summed E-state index contributed by atoms with van der Waals surface area (Å²) in [5.74, 6) is 0. The van der Waals surface area contributed by atoms with Crippen LogP contribution in [0, 0.1) is 10.2 Å². The molecule has 1 aliphatic heterocycles. The molecule has 1 aliphatic carbocycles. The Bertz CT molecular complexity index is 2500. The van der Waals surface area contributed by atoms with Crippen LogP contribution in [-0.4, -0.2) is 0 Å². The summed E-state index contributed by atoms with van der Waals surface area (Å²) in [7, 11) is -4.94. The van der Waals surface area contributed by atoms with Crippen LogP contribution in [0.3, 0.4) is 0 Å². The van der Waals surface area contributed by atoms with Crippen molar-refractivity contribution in [2.45, 2.75) is 12.8 Å². The van der Waals surface area contributed by atoms with E-state index >= 15 is 0 Å². The van der Waals surface area contributed by atoms with Gasteiger partial charge in [0.15, 0.2) is 0 Å². The quantitative estimate of drug-likeness (QED) is 0.101. The predicted octanol–water partition coefficient (Wildman–Crippen LogP) is 10.7. The fourth-order valence-corrected chi connectivity index (χ4v) is 9.20. The maximum atomic E-state index is 8.49. The number of hydrogen-bond acceptors (Lipinski definition) is 5. The van der Waals surface area contributed by atoms with Gasteiger partial charge in [-0.1, -0.05) is 188 Å². The fraction of sp³-hybridized carbons (Fsp3) is 0.0377. The summed E-state index contributed by atoms with van der Waals surface area (Å²) in [5, 5.41) is 0. The van der Waals surface area contributed by atoms with E-state index < -0.39 is 10.2 Å². The monoisotopic (exact) mass is 840 g/mol. The van der Waals surface area contributed by atoms with Crippen molar-refractivity contribution in [1.82, 2.24) is 0 Å². The minimum atomic E-state index is -4.94. The van der Waals surface area contributed by atoms with Crippen LogP contribution < -0.4 is 18.6 Å². The predicted molar refractivity (Wildman–Crippen MR) is 242 cm³/mol. The highest BCUT2D eigenvalue weighted by Gasteiger charge is 2.20. The zero-order chi connectivity index (χ0) is 41.6. The maximum absolute atomic E-state index is 8.49. The van der Waals surface area contributed by atoms with Gasteiger partial charge in [-0.2, -0.15) is 0 Å². The van der Waals surface area contributed by atoms with Gasteiger partial charge < -0.3 is 0 Å². The second-order valence-corrected chi connectivity index (χ2v) is 16.7. The summed E-state index contributed by atoms with van der Waals surface area (Å²) in [6, 6.07) is 58.1. The lowest BCUT2D eigenvalue weighted by Gasteiger charge is -2.17. The Kier molecular flexibility index (Phi) is 14.7. The molecule has 6 aromatic rings. The van der Waals surface area contributed by atoms with Crippen LogP contribution in [0.4, 0.5) is 0 Å². The van der Waals surface area contributed by atoms with E-state index in [2.05, 4.69) is 225 Å². The van der Waals surface area contributed by atoms with Crippen LogP contribution in [0.1, 0.15) is 35.1 Å². The van der Waals surface area contributed by atoms with E-state index in [0.717, 1.165) is 12.8 Å². The van der Waals surface area contributed by atoms with Gasteiger partial charge >= 0.3 is 0 Å². The Labute approximate surface area is 362 Å². The van der Waals surface area contributed by atoms with Crippen molar-refractivity contribution in [3.8, 4) is 20.9 Å². The highest BCUT2D eigenvalue weighted by molar-refractivity contribution is 8.16. The second-order valence-electron chi connectivity index (χ2n) is 13.8. The number of allylic oxidation sites excluding steroid dienone is 13. The second kappa shape index (κ2) is 20.9. The van der Waals surface area contributed by atoms with Crippen LogP contribution in [0.15, 0.2) is 235 Å². The molecule has 1 aromatic heterocycles. The molecule has 0 saturated carbocycles. The summed E-state index contributed by atoms with van der Waals surface area (Å²) >= 11 is 3.67. The van der Waals surface area contributed by atoms with E-state index in [0.29, 0.717) is 0 Å². The smallest absolute Gasteiger partial charge is 0.222 e. The zero-order valence-electron chi connectivity index (χ0n) is 32.6. The molecule has 2 aliphatic rings. The van der Waals surface area contributed by atoms with E-state index in [1.54, 1.807) is 0 Å². The van der Waals surface area contributed by atoms with Gasteiger partial charge in [0.05, 0.1) is 0 Å². The molecule has 0 radical (unpaired) electrons. The summed E-state index contributed by atoms with van der Waals surface area (Å²) in [4.78, 5) is 5.04. The van der Waals surface area contributed by atoms with Crippen molar-refractivity contribution in [3.63, 3.8) is 0 Å². The minimum Gasteiger partial charge on any atom is -0.222 e. The molecule has 5 aromatic carbocycles. The molecular weight excluding hydrogens is 800 g/mol. The largest absolute Gasteiger partial charge is 0.239 e. The highest BCUT2D eigenvalue weighted by Crippen LogP contribution is 2.44. The third-order valence-corrected chi connectivity index (χ3v) is 11.9. The van der Waals surface area contributed by atoms with Crippen molar-refractivity contribution in [3.05, 3.63) is 257 Å². The Morgan fingerprint density at radius 2 is 0.883 bits per heavy atom. The molecular formula is C53H41ClO4S2. The van der Waals surface area contributed by atoms with Gasteiger partial charge in [0, 0.05) is 33.1 Å². The normalized spacial score (nSPS) is 15.1. The van der Waals surface area contributed by atoms with Crippen LogP contribution in [0.2, 0.25) is 0 Å². The van der Waals surface area contributed by atoms with Gasteiger partial charge in [-0.25, -0.2) is 18.6 Å². The third-order valence-electron chi connectivity index (χ3n) is 9.63. The van der Waals surface area contributed by atoms with Crippen LogP contribution >= 0.6 is 23.1 Å². The first-order chi connectivity index (χ1) is 29.3. The maximum Gasteiger partial charge on any atom is 0.239 e. The van der Waals surface area contributed by atoms with E-state index in [1.807, 2.05) is 23.1 Å². The van der Waals surface area contributed by atoms with Crippen LogP contribution in [0.25, 0.3) is 42.3 Å². The molecule has 0 atom stereocenters. The van der Waals surface area contributed by atoms with Crippen molar-refractivity contribution in [2.24, 2.45) is 0 Å². The fourth-order valence-electron chi connectivity index (χ4n) is 6.93. The Hall–Kier alpha value is -5.93. The van der Waals surface area contributed by atoms with Gasteiger partial charge in [-0.15, -0.1) is 10.2 Å². The average molecular weight is 841 g/mol. The van der Waals surface area contributed by atoms with Crippen molar-refractivity contribution in [1.29, 1.82) is 0 Å². The molecule has 0 fully saturated rings. The SMILES string of the molecule is C(/C=C/C=C1\CCC(/C=C/C=C/c2cc(-c3ccccc3)[s+]c(-c3ccccc3)c2)=C1c1ccccc1)=C1C=C(c2ccccc2)SC(c2ccccc2)=C1.[O-][Cl+3]([O-])([O-])[O-]. The van der Waals surface area contributed by atoms with E-state index in [9.17, 15) is 0 Å². The van der Waals surface area contributed by atoms with Gasteiger partial charge in [0.2, 0.25) is 21.1 Å². The van der Waals surface area contributed by atoms with Crippen LogP contribution in [-0.2, 0) is 0 Å². The molecule has 0 bridgehead atoms. The third kappa shape index (κ3) is 12.3. The van der Waals surface area contributed by atoms with Gasteiger partial charge in [-0.05, 0) is 93.8 Å². The van der Waals surface area contributed by atoms with E-state index in [4.69, 9.17) is 18.6 Å². The number of benzene rings is 5.